The molecule has 0 bridgehead atoms. The van der Waals surface area contributed by atoms with Crippen LogP contribution < -0.4 is 4.74 Å². The van der Waals surface area contributed by atoms with Crippen molar-refractivity contribution in [3.05, 3.63) is 53.1 Å². The molecule has 23 heavy (non-hydrogen) atoms. The van der Waals surface area contributed by atoms with Gasteiger partial charge < -0.3 is 14.7 Å². The van der Waals surface area contributed by atoms with Gasteiger partial charge in [0.2, 0.25) is 0 Å². The summed E-state index contributed by atoms with van der Waals surface area (Å²) in [6.45, 7) is 0.364. The van der Waals surface area contributed by atoms with E-state index in [0.717, 1.165) is 29.4 Å². The first-order valence-corrected chi connectivity index (χ1v) is 8.54. The standard InChI is InChI=1S/C16H17O6P/c1-20-23(18,19)22-9-12-3-5-15-14-4-2-11(8-17)6-13(14)10-21-16(15)7-12/h2-7,17H,8-10H2,1H3,(H,18,19). The van der Waals surface area contributed by atoms with E-state index in [-0.39, 0.29) is 13.2 Å². The second-order valence-corrected chi connectivity index (χ2v) is 6.75. The Morgan fingerprint density at radius 1 is 1.17 bits per heavy atom. The Kier molecular flexibility index (Phi) is 4.53. The molecule has 6 nitrogen and oxygen atoms in total. The van der Waals surface area contributed by atoms with E-state index in [1.54, 1.807) is 6.07 Å². The van der Waals surface area contributed by atoms with Gasteiger partial charge in [-0.1, -0.05) is 24.3 Å². The topological polar surface area (TPSA) is 85.2 Å². The Balaban J connectivity index is 1.86. The van der Waals surface area contributed by atoms with E-state index in [0.29, 0.717) is 17.9 Å². The number of phosphoric ester groups is 1. The first-order valence-electron chi connectivity index (χ1n) is 7.04. The number of aliphatic hydroxyl groups excluding tert-OH is 1. The normalized spacial score (nSPS) is 15.3. The lowest BCUT2D eigenvalue weighted by atomic mass is 9.94. The summed E-state index contributed by atoms with van der Waals surface area (Å²) < 4.78 is 26.3. The van der Waals surface area contributed by atoms with E-state index in [2.05, 4.69) is 4.52 Å². The zero-order valence-electron chi connectivity index (χ0n) is 12.6. The molecule has 2 N–H and O–H groups in total. The third-order valence-corrected chi connectivity index (χ3v) is 4.61. The monoisotopic (exact) mass is 336 g/mol. The summed E-state index contributed by atoms with van der Waals surface area (Å²) in [6.07, 6.45) is 0. The number of aliphatic hydroxyl groups is 1. The van der Waals surface area contributed by atoms with E-state index >= 15 is 0 Å². The maximum absolute atomic E-state index is 11.3. The quantitative estimate of drug-likeness (QED) is 0.817. The van der Waals surface area contributed by atoms with Crippen LogP contribution in [-0.2, 0) is 33.4 Å². The molecular weight excluding hydrogens is 319 g/mol. The van der Waals surface area contributed by atoms with E-state index < -0.39 is 7.82 Å². The largest absolute Gasteiger partial charge is 0.488 e. The summed E-state index contributed by atoms with van der Waals surface area (Å²) in [6, 6.07) is 11.3. The number of phosphoric acid groups is 1. The molecule has 0 aromatic heterocycles. The lowest BCUT2D eigenvalue weighted by molar-refractivity contribution is 0.166. The number of benzene rings is 2. The Morgan fingerprint density at radius 2 is 1.91 bits per heavy atom. The van der Waals surface area contributed by atoms with Gasteiger partial charge in [-0.05, 0) is 34.4 Å². The van der Waals surface area contributed by atoms with Crippen molar-refractivity contribution in [3.8, 4) is 16.9 Å². The van der Waals surface area contributed by atoms with Crippen LogP contribution in [0.15, 0.2) is 36.4 Å². The minimum atomic E-state index is -3.99. The third kappa shape index (κ3) is 3.47. The predicted molar refractivity (Wildman–Crippen MR) is 83.8 cm³/mol. The molecule has 0 aliphatic carbocycles. The Morgan fingerprint density at radius 3 is 2.65 bits per heavy atom. The molecule has 0 saturated carbocycles. The number of hydrogen-bond donors (Lipinski definition) is 2. The molecule has 1 aliphatic heterocycles. The molecule has 0 saturated heterocycles. The fourth-order valence-electron chi connectivity index (χ4n) is 2.49. The molecule has 0 fully saturated rings. The van der Waals surface area contributed by atoms with Crippen LogP contribution in [0.5, 0.6) is 5.75 Å². The minimum absolute atomic E-state index is 0.00285. The highest BCUT2D eigenvalue weighted by Gasteiger charge is 2.21. The van der Waals surface area contributed by atoms with Gasteiger partial charge in [-0.25, -0.2) is 4.57 Å². The van der Waals surface area contributed by atoms with E-state index in [1.807, 2.05) is 30.3 Å². The SMILES string of the molecule is COP(=O)(O)OCc1ccc2c(c1)OCc1cc(CO)ccc1-2. The van der Waals surface area contributed by atoms with Crippen LogP contribution in [0.3, 0.4) is 0 Å². The third-order valence-electron chi connectivity index (χ3n) is 3.70. The maximum atomic E-state index is 11.3. The predicted octanol–water partition coefficient (Wildman–Crippen LogP) is 3.00. The van der Waals surface area contributed by atoms with Crippen molar-refractivity contribution in [1.82, 2.24) is 0 Å². The van der Waals surface area contributed by atoms with E-state index in [1.165, 1.54) is 0 Å². The van der Waals surface area contributed by atoms with Crippen LogP contribution in [0.2, 0.25) is 0 Å². The first kappa shape index (κ1) is 16.2. The van der Waals surface area contributed by atoms with Gasteiger partial charge >= 0.3 is 7.82 Å². The van der Waals surface area contributed by atoms with Crippen molar-refractivity contribution in [2.45, 2.75) is 19.8 Å². The molecule has 1 aliphatic rings. The van der Waals surface area contributed by atoms with Crippen LogP contribution >= 0.6 is 7.82 Å². The van der Waals surface area contributed by atoms with E-state index in [4.69, 9.17) is 9.26 Å². The molecule has 122 valence electrons. The summed E-state index contributed by atoms with van der Waals surface area (Å²) in [5.41, 5.74) is 4.58. The lowest BCUT2D eigenvalue weighted by Crippen LogP contribution is -2.07. The summed E-state index contributed by atoms with van der Waals surface area (Å²) in [5.74, 6) is 0.695. The Bertz CT molecular complexity index is 773. The van der Waals surface area contributed by atoms with E-state index in [9.17, 15) is 14.6 Å². The Hall–Kier alpha value is -1.69. The number of hydrogen-bond acceptors (Lipinski definition) is 5. The van der Waals surface area contributed by atoms with Gasteiger partial charge in [0.05, 0.1) is 13.2 Å². The van der Waals surface area contributed by atoms with Gasteiger partial charge in [0.1, 0.15) is 12.4 Å². The summed E-state index contributed by atoms with van der Waals surface area (Å²) in [7, 11) is -2.87. The van der Waals surface area contributed by atoms with Crippen LogP contribution in [0.4, 0.5) is 0 Å². The summed E-state index contributed by atoms with van der Waals surface area (Å²) in [5, 5.41) is 9.21. The molecule has 2 aromatic rings. The van der Waals surface area contributed by atoms with Crippen molar-refractivity contribution in [3.63, 3.8) is 0 Å². The fourth-order valence-corrected chi connectivity index (χ4v) is 2.91. The molecule has 2 aromatic carbocycles. The van der Waals surface area contributed by atoms with Crippen LogP contribution in [0, 0.1) is 0 Å². The summed E-state index contributed by atoms with van der Waals surface area (Å²) >= 11 is 0. The van der Waals surface area contributed by atoms with Crippen molar-refractivity contribution in [2.75, 3.05) is 7.11 Å². The molecule has 0 spiro atoms. The van der Waals surface area contributed by atoms with Gasteiger partial charge in [-0.3, -0.25) is 9.05 Å². The molecule has 0 amide bonds. The van der Waals surface area contributed by atoms with Crippen molar-refractivity contribution in [2.24, 2.45) is 0 Å². The highest BCUT2D eigenvalue weighted by Crippen LogP contribution is 2.44. The van der Waals surface area contributed by atoms with Crippen molar-refractivity contribution in [1.29, 1.82) is 0 Å². The highest BCUT2D eigenvalue weighted by molar-refractivity contribution is 7.47. The average Bonchev–Trinajstić information content (AvgIpc) is 2.59. The Labute approximate surface area is 133 Å². The van der Waals surface area contributed by atoms with Crippen molar-refractivity contribution < 1.29 is 28.3 Å². The van der Waals surface area contributed by atoms with Crippen LogP contribution in [0.25, 0.3) is 11.1 Å². The van der Waals surface area contributed by atoms with Gasteiger partial charge in [-0.15, -0.1) is 0 Å². The second kappa shape index (κ2) is 6.43. The molecule has 7 heteroatoms. The first-order chi connectivity index (χ1) is 11.0. The van der Waals surface area contributed by atoms with Crippen LogP contribution in [0.1, 0.15) is 16.7 Å². The minimum Gasteiger partial charge on any atom is -0.488 e. The molecule has 0 radical (unpaired) electrons. The van der Waals surface area contributed by atoms with Gasteiger partial charge in [0.15, 0.2) is 0 Å². The van der Waals surface area contributed by atoms with Crippen LogP contribution in [-0.4, -0.2) is 17.1 Å². The number of ether oxygens (including phenoxy) is 1. The molecule has 1 unspecified atom stereocenters. The average molecular weight is 336 g/mol. The van der Waals surface area contributed by atoms with Gasteiger partial charge in [0, 0.05) is 12.7 Å². The number of rotatable bonds is 5. The number of fused-ring (bicyclic) bond motifs is 3. The lowest BCUT2D eigenvalue weighted by Gasteiger charge is -2.22. The van der Waals surface area contributed by atoms with Crippen molar-refractivity contribution >= 4 is 7.82 Å². The molecule has 3 rings (SSSR count). The molecule has 1 heterocycles. The zero-order valence-corrected chi connectivity index (χ0v) is 13.5. The second-order valence-electron chi connectivity index (χ2n) is 5.19. The summed E-state index contributed by atoms with van der Waals surface area (Å²) in [4.78, 5) is 9.26. The van der Waals surface area contributed by atoms with Gasteiger partial charge in [0.25, 0.3) is 0 Å². The zero-order chi connectivity index (χ0) is 16.4. The van der Waals surface area contributed by atoms with Gasteiger partial charge in [-0.2, -0.15) is 0 Å². The fraction of sp³-hybridized carbons (Fsp3) is 0.250. The maximum Gasteiger partial charge on any atom is 0.472 e. The highest BCUT2D eigenvalue weighted by atomic mass is 31.2. The smallest absolute Gasteiger partial charge is 0.472 e. The molecule has 1 atom stereocenters. The molecular formula is C16H17O6P.